The predicted octanol–water partition coefficient (Wildman–Crippen LogP) is 4.28. The number of carboxylic acid groups (broad SMARTS) is 1. The molecule has 0 aliphatic heterocycles. The van der Waals surface area contributed by atoms with E-state index >= 15 is 0 Å². The molecule has 0 aliphatic rings. The predicted molar refractivity (Wildman–Crippen MR) is 72.4 cm³/mol. The third-order valence-electron chi connectivity index (χ3n) is 2.77. The highest BCUT2D eigenvalue weighted by Crippen LogP contribution is 2.20. The summed E-state index contributed by atoms with van der Waals surface area (Å²) in [4.78, 5) is 10.9. The highest BCUT2D eigenvalue weighted by atomic mass is 32.2. The van der Waals surface area contributed by atoms with Crippen LogP contribution in [0.4, 0.5) is 4.39 Å². The quantitative estimate of drug-likeness (QED) is 0.566. The van der Waals surface area contributed by atoms with E-state index < -0.39 is 12.1 Å². The number of carboxylic acids is 1. The second kappa shape index (κ2) is 10.9. The molecule has 1 N–H and O–H groups in total. The minimum atomic E-state index is -0.708. The number of thioether (sulfide) groups is 1. The first-order valence-corrected chi connectivity index (χ1v) is 7.65. The minimum absolute atomic E-state index is 0.276. The van der Waals surface area contributed by atoms with Crippen LogP contribution in [0.1, 0.15) is 58.8 Å². The van der Waals surface area contributed by atoms with Crippen LogP contribution in [0.3, 0.4) is 0 Å². The van der Waals surface area contributed by atoms with Gasteiger partial charge in [0.25, 0.3) is 0 Å². The van der Waals surface area contributed by atoms with E-state index in [1.165, 1.54) is 11.8 Å². The molecule has 0 saturated heterocycles. The van der Waals surface area contributed by atoms with E-state index in [0.717, 1.165) is 37.9 Å². The minimum Gasteiger partial charge on any atom is -0.480 e. The summed E-state index contributed by atoms with van der Waals surface area (Å²) >= 11 is 1.51. The summed E-state index contributed by atoms with van der Waals surface area (Å²) in [7, 11) is 0. The van der Waals surface area contributed by atoms with Gasteiger partial charge in [0, 0.05) is 0 Å². The molecule has 0 heterocycles. The Morgan fingerprint density at radius 3 is 2.47 bits per heavy atom. The zero-order valence-electron chi connectivity index (χ0n) is 11.0. The van der Waals surface area contributed by atoms with Gasteiger partial charge in [-0.2, -0.15) is 0 Å². The van der Waals surface area contributed by atoms with Crippen molar-refractivity contribution in [2.24, 2.45) is 0 Å². The van der Waals surface area contributed by atoms with Crippen molar-refractivity contribution in [3.63, 3.8) is 0 Å². The smallest absolute Gasteiger partial charge is 0.316 e. The van der Waals surface area contributed by atoms with Crippen molar-refractivity contribution in [2.75, 3.05) is 5.75 Å². The largest absolute Gasteiger partial charge is 0.480 e. The molecule has 0 bridgehead atoms. The third kappa shape index (κ3) is 9.45. The van der Waals surface area contributed by atoms with Gasteiger partial charge >= 0.3 is 5.97 Å². The molecule has 0 spiro atoms. The van der Waals surface area contributed by atoms with Crippen LogP contribution in [0.15, 0.2) is 0 Å². The Bertz CT molecular complexity index is 200. The third-order valence-corrected chi connectivity index (χ3v) is 4.13. The number of rotatable bonds is 11. The van der Waals surface area contributed by atoms with Gasteiger partial charge in [-0.3, -0.25) is 4.79 Å². The monoisotopic (exact) mass is 264 g/mol. The van der Waals surface area contributed by atoms with Crippen LogP contribution in [0.5, 0.6) is 0 Å². The molecule has 0 aromatic carbocycles. The van der Waals surface area contributed by atoms with Crippen LogP contribution in [0.25, 0.3) is 0 Å². The lowest BCUT2D eigenvalue weighted by atomic mass is 10.1. The van der Waals surface area contributed by atoms with Gasteiger partial charge in [0.1, 0.15) is 5.25 Å². The summed E-state index contributed by atoms with van der Waals surface area (Å²) in [5.41, 5.74) is 0. The molecular weight excluding hydrogens is 239 g/mol. The molecule has 0 amide bonds. The molecule has 17 heavy (non-hydrogen) atoms. The molecule has 0 fully saturated rings. The number of alkyl halides is 1. The number of carbonyl (C=O) groups is 1. The van der Waals surface area contributed by atoms with Gasteiger partial charge in [0.05, 0.1) is 6.17 Å². The summed E-state index contributed by atoms with van der Waals surface area (Å²) < 4.78 is 12.9. The summed E-state index contributed by atoms with van der Waals surface area (Å²) in [5, 5.41) is 8.73. The lowest BCUT2D eigenvalue weighted by molar-refractivity contribution is -0.136. The summed E-state index contributed by atoms with van der Waals surface area (Å²) in [5.74, 6) is 0.122. The van der Waals surface area contributed by atoms with Gasteiger partial charge in [-0.25, -0.2) is 4.39 Å². The molecule has 0 rings (SSSR count). The van der Waals surface area contributed by atoms with Crippen molar-refractivity contribution in [1.29, 1.82) is 0 Å². The highest BCUT2D eigenvalue weighted by Gasteiger charge is 2.16. The van der Waals surface area contributed by atoms with Gasteiger partial charge < -0.3 is 5.11 Å². The van der Waals surface area contributed by atoms with Crippen LogP contribution >= 0.6 is 11.8 Å². The van der Waals surface area contributed by atoms with Crippen molar-refractivity contribution >= 4 is 17.7 Å². The van der Waals surface area contributed by atoms with Crippen molar-refractivity contribution in [3.05, 3.63) is 0 Å². The van der Waals surface area contributed by atoms with Gasteiger partial charge in [-0.15, -0.1) is 11.8 Å². The zero-order valence-corrected chi connectivity index (χ0v) is 11.8. The first-order chi connectivity index (χ1) is 8.11. The Kier molecular flexibility index (Phi) is 10.7. The fourth-order valence-electron chi connectivity index (χ4n) is 1.57. The zero-order chi connectivity index (χ0) is 13.1. The summed E-state index contributed by atoms with van der Waals surface area (Å²) in [6.45, 7) is 3.92. The first kappa shape index (κ1) is 16.8. The molecule has 102 valence electrons. The Hall–Kier alpha value is -0.250. The number of hydrogen-bond acceptors (Lipinski definition) is 2. The molecule has 4 heteroatoms. The normalized spacial score (nSPS) is 14.5. The number of hydrogen-bond donors (Lipinski definition) is 1. The van der Waals surface area contributed by atoms with E-state index in [2.05, 4.69) is 6.92 Å². The second-order valence-corrected chi connectivity index (χ2v) is 5.65. The molecule has 0 saturated carbocycles. The molecule has 2 nitrogen and oxygen atoms in total. The Labute approximate surface area is 108 Å². The van der Waals surface area contributed by atoms with E-state index in [9.17, 15) is 9.18 Å². The Morgan fingerprint density at radius 2 is 1.94 bits per heavy atom. The van der Waals surface area contributed by atoms with E-state index in [1.54, 1.807) is 0 Å². The lowest BCUT2D eigenvalue weighted by Gasteiger charge is -2.11. The fraction of sp³-hybridized carbons (Fsp3) is 0.923. The van der Waals surface area contributed by atoms with Crippen molar-refractivity contribution in [3.8, 4) is 0 Å². The van der Waals surface area contributed by atoms with E-state index in [-0.39, 0.29) is 5.25 Å². The van der Waals surface area contributed by atoms with Crippen molar-refractivity contribution < 1.29 is 14.3 Å². The van der Waals surface area contributed by atoms with Crippen LogP contribution in [0.2, 0.25) is 0 Å². The SMILES string of the molecule is CCCCC(SCCCCC(F)CC)C(=O)O. The molecule has 0 aromatic rings. The van der Waals surface area contributed by atoms with Crippen molar-refractivity contribution in [2.45, 2.75) is 70.2 Å². The van der Waals surface area contributed by atoms with E-state index in [1.807, 2.05) is 6.92 Å². The van der Waals surface area contributed by atoms with Crippen molar-refractivity contribution in [1.82, 2.24) is 0 Å². The van der Waals surface area contributed by atoms with Crippen LogP contribution in [0, 0.1) is 0 Å². The maximum Gasteiger partial charge on any atom is 0.316 e. The maximum absolute atomic E-state index is 12.9. The van der Waals surface area contributed by atoms with E-state index in [0.29, 0.717) is 12.8 Å². The van der Waals surface area contributed by atoms with Gasteiger partial charge in [-0.1, -0.05) is 26.7 Å². The highest BCUT2D eigenvalue weighted by molar-refractivity contribution is 8.00. The number of aliphatic carboxylic acids is 1. The van der Waals surface area contributed by atoms with Gasteiger partial charge in [-0.05, 0) is 37.9 Å². The van der Waals surface area contributed by atoms with E-state index in [4.69, 9.17) is 5.11 Å². The topological polar surface area (TPSA) is 37.3 Å². The molecule has 0 aliphatic carbocycles. The standard InChI is InChI=1S/C13H25FO2S/c1-3-5-9-12(13(15)16)17-10-7-6-8-11(14)4-2/h11-12H,3-10H2,1-2H3,(H,15,16). The fourth-order valence-corrected chi connectivity index (χ4v) is 2.70. The average Bonchev–Trinajstić information content (AvgIpc) is 2.31. The average molecular weight is 264 g/mol. The molecule has 2 atom stereocenters. The number of unbranched alkanes of at least 4 members (excludes halogenated alkanes) is 2. The first-order valence-electron chi connectivity index (χ1n) is 6.60. The van der Waals surface area contributed by atoms with Gasteiger partial charge in [0.2, 0.25) is 0 Å². The molecule has 0 radical (unpaired) electrons. The van der Waals surface area contributed by atoms with Gasteiger partial charge in [0.15, 0.2) is 0 Å². The second-order valence-electron chi connectivity index (χ2n) is 4.34. The summed E-state index contributed by atoms with van der Waals surface area (Å²) in [6, 6.07) is 0. The molecular formula is C13H25FO2S. The Balaban J connectivity index is 3.57. The van der Waals surface area contributed by atoms with Crippen LogP contribution in [-0.2, 0) is 4.79 Å². The van der Waals surface area contributed by atoms with Crippen LogP contribution in [-0.4, -0.2) is 28.3 Å². The number of halogens is 1. The summed E-state index contributed by atoms with van der Waals surface area (Å²) in [6.07, 6.45) is 5.04. The maximum atomic E-state index is 12.9. The molecule has 2 unspecified atom stereocenters. The van der Waals surface area contributed by atoms with Crippen LogP contribution < -0.4 is 0 Å². The Morgan fingerprint density at radius 1 is 1.24 bits per heavy atom. The molecule has 0 aromatic heterocycles. The lowest BCUT2D eigenvalue weighted by Crippen LogP contribution is -2.16.